The monoisotopic (exact) mass is 334 g/mol. The molecule has 3 heteroatoms. The Morgan fingerprint density at radius 2 is 1.84 bits per heavy atom. The second-order valence-corrected chi connectivity index (χ2v) is 6.81. The highest BCUT2D eigenvalue weighted by Crippen LogP contribution is 2.24. The maximum Gasteiger partial charge on any atom is 0.194 e. The molecule has 2 aromatic carbocycles. The van der Waals surface area contributed by atoms with Gasteiger partial charge in [0.15, 0.2) is 5.43 Å². The lowest BCUT2D eigenvalue weighted by Gasteiger charge is -2.19. The molecule has 0 unspecified atom stereocenters. The largest absolute Gasteiger partial charge is 0.354 e. The molecule has 25 heavy (non-hydrogen) atoms. The number of hydrogen-bond donors (Lipinski definition) is 1. The highest BCUT2D eigenvalue weighted by Gasteiger charge is 2.15. The molecule has 1 heterocycles. The van der Waals surface area contributed by atoms with Gasteiger partial charge in [-0.2, -0.15) is 0 Å². The maximum absolute atomic E-state index is 13.2. The Balaban J connectivity index is 2.16. The number of rotatable bonds is 6. The van der Waals surface area contributed by atoms with Crippen LogP contribution in [-0.2, 0) is 6.54 Å². The minimum atomic E-state index is 0.139. The molecule has 0 bridgehead atoms. The number of H-pyrrole nitrogens is 1. The molecule has 130 valence electrons. The van der Waals surface area contributed by atoms with E-state index >= 15 is 0 Å². The summed E-state index contributed by atoms with van der Waals surface area (Å²) in [4.78, 5) is 19.0. The number of hydrogen-bond acceptors (Lipinski definition) is 2. The van der Waals surface area contributed by atoms with Gasteiger partial charge in [-0.15, -0.1) is 0 Å². The van der Waals surface area contributed by atoms with Gasteiger partial charge in [0, 0.05) is 23.0 Å². The van der Waals surface area contributed by atoms with Crippen LogP contribution < -0.4 is 5.43 Å². The lowest BCUT2D eigenvalue weighted by atomic mass is 10.0. The van der Waals surface area contributed by atoms with E-state index in [2.05, 4.69) is 36.0 Å². The van der Waals surface area contributed by atoms with Gasteiger partial charge in [0.05, 0.1) is 5.69 Å². The van der Waals surface area contributed by atoms with Crippen LogP contribution in [0.5, 0.6) is 0 Å². The SMILES string of the molecule is CCCCN(C)Cc1c(-c2ccccc2)[nH]c2ccc(C)cc2c1=O. The Morgan fingerprint density at radius 3 is 2.56 bits per heavy atom. The van der Waals surface area contributed by atoms with Crippen molar-refractivity contribution < 1.29 is 0 Å². The molecule has 3 rings (SSSR count). The van der Waals surface area contributed by atoms with E-state index in [-0.39, 0.29) is 5.43 Å². The molecular weight excluding hydrogens is 308 g/mol. The fourth-order valence-corrected chi connectivity index (χ4v) is 3.22. The second-order valence-electron chi connectivity index (χ2n) is 6.81. The van der Waals surface area contributed by atoms with Crippen LogP contribution in [0.1, 0.15) is 30.9 Å². The van der Waals surface area contributed by atoms with Crippen LogP contribution in [0.2, 0.25) is 0 Å². The van der Waals surface area contributed by atoms with E-state index in [0.29, 0.717) is 6.54 Å². The van der Waals surface area contributed by atoms with Crippen LogP contribution in [-0.4, -0.2) is 23.5 Å². The number of fused-ring (bicyclic) bond motifs is 1. The van der Waals surface area contributed by atoms with Crippen molar-refractivity contribution in [3.63, 3.8) is 0 Å². The first kappa shape index (κ1) is 17.4. The van der Waals surface area contributed by atoms with E-state index in [9.17, 15) is 4.79 Å². The first-order valence-electron chi connectivity index (χ1n) is 8.99. The van der Waals surface area contributed by atoms with Gasteiger partial charge in [-0.1, -0.05) is 55.3 Å². The zero-order valence-corrected chi connectivity index (χ0v) is 15.3. The minimum absolute atomic E-state index is 0.139. The van der Waals surface area contributed by atoms with E-state index in [0.717, 1.165) is 52.7 Å². The molecule has 0 saturated heterocycles. The highest BCUT2D eigenvalue weighted by atomic mass is 16.1. The third-order valence-electron chi connectivity index (χ3n) is 4.64. The van der Waals surface area contributed by atoms with Crippen LogP contribution >= 0.6 is 0 Å². The Labute approximate surface area is 149 Å². The highest BCUT2D eigenvalue weighted by molar-refractivity contribution is 5.83. The van der Waals surface area contributed by atoms with Crippen molar-refractivity contribution in [1.29, 1.82) is 0 Å². The second kappa shape index (κ2) is 7.66. The third kappa shape index (κ3) is 3.83. The van der Waals surface area contributed by atoms with Crippen molar-refractivity contribution in [2.24, 2.45) is 0 Å². The van der Waals surface area contributed by atoms with E-state index in [4.69, 9.17) is 0 Å². The van der Waals surface area contributed by atoms with Crippen LogP contribution in [0.15, 0.2) is 53.3 Å². The van der Waals surface area contributed by atoms with Crippen molar-refractivity contribution in [1.82, 2.24) is 9.88 Å². The molecule has 0 fully saturated rings. The summed E-state index contributed by atoms with van der Waals surface area (Å²) in [5, 5.41) is 0.776. The molecule has 0 atom stereocenters. The Bertz CT molecular complexity index is 912. The third-order valence-corrected chi connectivity index (χ3v) is 4.64. The number of aromatic nitrogens is 1. The summed E-state index contributed by atoms with van der Waals surface area (Å²) in [6.45, 7) is 5.87. The van der Waals surface area contributed by atoms with Crippen molar-refractivity contribution in [3.8, 4) is 11.3 Å². The normalized spacial score (nSPS) is 11.4. The zero-order chi connectivity index (χ0) is 17.8. The topological polar surface area (TPSA) is 36.1 Å². The molecule has 3 nitrogen and oxygen atoms in total. The van der Waals surface area contributed by atoms with Gasteiger partial charge in [-0.05, 0) is 44.6 Å². The number of pyridine rings is 1. The average molecular weight is 334 g/mol. The molecule has 0 spiro atoms. The summed E-state index contributed by atoms with van der Waals surface area (Å²) in [5.74, 6) is 0. The minimum Gasteiger partial charge on any atom is -0.354 e. The number of nitrogens with one attached hydrogen (secondary N) is 1. The smallest absolute Gasteiger partial charge is 0.194 e. The van der Waals surface area contributed by atoms with Crippen molar-refractivity contribution >= 4 is 10.9 Å². The predicted molar refractivity (Wildman–Crippen MR) is 106 cm³/mol. The van der Waals surface area contributed by atoms with Gasteiger partial charge in [-0.25, -0.2) is 0 Å². The quantitative estimate of drug-likeness (QED) is 0.707. The molecule has 3 aromatic rings. The lowest BCUT2D eigenvalue weighted by molar-refractivity contribution is 0.320. The standard InChI is InChI=1S/C22H26N2O/c1-4-5-13-24(3)15-19-21(17-9-7-6-8-10-17)23-20-12-11-16(2)14-18(20)22(19)25/h6-12,14H,4-5,13,15H2,1-3H3,(H,23,25). The van der Waals surface area contributed by atoms with Crippen LogP contribution in [0.3, 0.4) is 0 Å². The van der Waals surface area contributed by atoms with Gasteiger partial charge >= 0.3 is 0 Å². The van der Waals surface area contributed by atoms with Crippen LogP contribution in [0.25, 0.3) is 22.2 Å². The fraction of sp³-hybridized carbons (Fsp3) is 0.318. The summed E-state index contributed by atoms with van der Waals surface area (Å²) in [6, 6.07) is 16.2. The molecule has 0 aliphatic rings. The van der Waals surface area contributed by atoms with Gasteiger partial charge in [0.25, 0.3) is 0 Å². The Kier molecular flexibility index (Phi) is 5.34. The number of nitrogens with zero attached hydrogens (tertiary/aromatic N) is 1. The molecular formula is C22H26N2O. The van der Waals surface area contributed by atoms with E-state index in [1.165, 1.54) is 0 Å². The first-order valence-corrected chi connectivity index (χ1v) is 8.99. The summed E-state index contributed by atoms with van der Waals surface area (Å²) in [5.41, 5.74) is 4.99. The number of aromatic amines is 1. The molecule has 1 aromatic heterocycles. The van der Waals surface area contributed by atoms with Gasteiger partial charge < -0.3 is 9.88 Å². The molecule has 1 N–H and O–H groups in total. The molecule has 0 radical (unpaired) electrons. The maximum atomic E-state index is 13.2. The van der Waals surface area contributed by atoms with E-state index in [1.807, 2.05) is 43.3 Å². The van der Waals surface area contributed by atoms with Gasteiger partial charge in [0.2, 0.25) is 0 Å². The molecule has 0 aliphatic heterocycles. The van der Waals surface area contributed by atoms with Crippen molar-refractivity contribution in [3.05, 3.63) is 69.9 Å². The summed E-state index contributed by atoms with van der Waals surface area (Å²) in [7, 11) is 2.09. The lowest BCUT2D eigenvalue weighted by Crippen LogP contribution is -2.24. The number of unbranched alkanes of at least 4 members (excludes halogenated alkanes) is 1. The first-order chi connectivity index (χ1) is 12.1. The Morgan fingerprint density at radius 1 is 1.08 bits per heavy atom. The summed E-state index contributed by atoms with van der Waals surface area (Å²) in [6.07, 6.45) is 2.30. The number of benzene rings is 2. The van der Waals surface area contributed by atoms with Crippen LogP contribution in [0, 0.1) is 6.92 Å². The molecule has 0 aliphatic carbocycles. The van der Waals surface area contributed by atoms with Gasteiger partial charge in [0.1, 0.15) is 0 Å². The van der Waals surface area contributed by atoms with Crippen molar-refractivity contribution in [2.75, 3.05) is 13.6 Å². The summed E-state index contributed by atoms with van der Waals surface area (Å²) >= 11 is 0. The zero-order valence-electron chi connectivity index (χ0n) is 15.3. The van der Waals surface area contributed by atoms with Gasteiger partial charge in [-0.3, -0.25) is 4.79 Å². The summed E-state index contributed by atoms with van der Waals surface area (Å²) < 4.78 is 0. The predicted octanol–water partition coefficient (Wildman–Crippen LogP) is 4.74. The molecule has 0 saturated carbocycles. The van der Waals surface area contributed by atoms with E-state index < -0.39 is 0 Å². The fourth-order valence-electron chi connectivity index (χ4n) is 3.22. The van der Waals surface area contributed by atoms with Crippen molar-refractivity contribution in [2.45, 2.75) is 33.2 Å². The van der Waals surface area contributed by atoms with E-state index in [1.54, 1.807) is 0 Å². The van der Waals surface area contributed by atoms with Crippen LogP contribution in [0.4, 0.5) is 0 Å². The number of aryl methyl sites for hydroxylation is 1. The molecule has 0 amide bonds. The average Bonchev–Trinajstić information content (AvgIpc) is 2.63. The Hall–Kier alpha value is -2.39.